The molecule has 0 unspecified atom stereocenters. The summed E-state index contributed by atoms with van der Waals surface area (Å²) in [5.74, 6) is 0.0125. The lowest BCUT2D eigenvalue weighted by Crippen LogP contribution is -2.48. The zero-order chi connectivity index (χ0) is 20.3. The van der Waals surface area contributed by atoms with E-state index >= 15 is 0 Å². The Morgan fingerprint density at radius 1 is 1.21 bits per heavy atom. The third-order valence-electron chi connectivity index (χ3n) is 4.72. The van der Waals surface area contributed by atoms with Crippen molar-refractivity contribution in [1.82, 2.24) is 0 Å². The molecule has 1 amide bonds. The first-order chi connectivity index (χ1) is 13.3. The minimum absolute atomic E-state index is 0.0598. The first-order valence-corrected chi connectivity index (χ1v) is 11.3. The van der Waals surface area contributed by atoms with E-state index in [0.29, 0.717) is 17.1 Å². The maximum absolute atomic E-state index is 12.7. The van der Waals surface area contributed by atoms with Crippen LogP contribution in [0.5, 0.6) is 5.75 Å². The zero-order valence-corrected chi connectivity index (χ0v) is 17.3. The standard InChI is InChI=1S/C21H26N2O4S/c1-4-5-6-16-8-10-17(11-9-16)22-21(24)20-14-23(28(3,25)26)18-13-15(2)7-12-19(18)27-20/h7-13,20H,4-6,14H2,1-3H3,(H,22,24)/t20-/m1/s1. The molecule has 0 fully saturated rings. The Morgan fingerprint density at radius 2 is 1.93 bits per heavy atom. The van der Waals surface area contributed by atoms with Gasteiger partial charge in [-0.3, -0.25) is 9.10 Å². The van der Waals surface area contributed by atoms with E-state index in [9.17, 15) is 13.2 Å². The molecule has 1 aliphatic rings. The van der Waals surface area contributed by atoms with Crippen molar-refractivity contribution in [3.05, 3.63) is 53.6 Å². The smallest absolute Gasteiger partial charge is 0.267 e. The molecular formula is C21H26N2O4S. The molecule has 3 rings (SSSR count). The van der Waals surface area contributed by atoms with Gasteiger partial charge in [0.25, 0.3) is 5.91 Å². The monoisotopic (exact) mass is 402 g/mol. The molecule has 150 valence electrons. The summed E-state index contributed by atoms with van der Waals surface area (Å²) in [7, 11) is -3.54. The van der Waals surface area contributed by atoms with Crippen LogP contribution in [0.2, 0.25) is 0 Å². The van der Waals surface area contributed by atoms with Gasteiger partial charge in [0.05, 0.1) is 18.5 Å². The van der Waals surface area contributed by atoms with Crippen molar-refractivity contribution < 1.29 is 17.9 Å². The van der Waals surface area contributed by atoms with Gasteiger partial charge >= 0.3 is 0 Å². The molecule has 1 aliphatic heterocycles. The Balaban J connectivity index is 1.76. The molecule has 1 N–H and O–H groups in total. The fourth-order valence-electron chi connectivity index (χ4n) is 3.17. The van der Waals surface area contributed by atoms with Gasteiger partial charge in [-0.25, -0.2) is 8.42 Å². The number of unbranched alkanes of at least 4 members (excludes halogenated alkanes) is 1. The second-order valence-corrected chi connectivity index (χ2v) is 9.07. The lowest BCUT2D eigenvalue weighted by atomic mass is 10.1. The van der Waals surface area contributed by atoms with Crippen LogP contribution in [0, 0.1) is 6.92 Å². The summed E-state index contributed by atoms with van der Waals surface area (Å²) in [5.41, 5.74) is 3.27. The molecular weight excluding hydrogens is 376 g/mol. The third kappa shape index (κ3) is 4.65. The van der Waals surface area contributed by atoms with Crippen LogP contribution in [-0.4, -0.2) is 33.2 Å². The fourth-order valence-corrected chi connectivity index (χ4v) is 4.08. The minimum Gasteiger partial charge on any atom is -0.476 e. The predicted octanol–water partition coefficient (Wildman–Crippen LogP) is 3.50. The number of amides is 1. The van der Waals surface area contributed by atoms with Crippen LogP contribution >= 0.6 is 0 Å². The van der Waals surface area contributed by atoms with E-state index in [1.54, 1.807) is 12.1 Å². The van der Waals surface area contributed by atoms with Crippen LogP contribution in [0.3, 0.4) is 0 Å². The van der Waals surface area contributed by atoms with Crippen LogP contribution in [-0.2, 0) is 21.2 Å². The van der Waals surface area contributed by atoms with Gasteiger partial charge in [-0.2, -0.15) is 0 Å². The number of rotatable bonds is 6. The Bertz CT molecular complexity index is 955. The predicted molar refractivity (Wildman–Crippen MR) is 111 cm³/mol. The summed E-state index contributed by atoms with van der Waals surface area (Å²) >= 11 is 0. The largest absolute Gasteiger partial charge is 0.476 e. The van der Waals surface area contributed by atoms with Gasteiger partial charge in [0.2, 0.25) is 10.0 Å². The van der Waals surface area contributed by atoms with E-state index in [1.165, 1.54) is 9.87 Å². The lowest BCUT2D eigenvalue weighted by Gasteiger charge is -2.34. The molecule has 6 nitrogen and oxygen atoms in total. The molecule has 0 spiro atoms. The van der Waals surface area contributed by atoms with Gasteiger partial charge < -0.3 is 10.1 Å². The summed E-state index contributed by atoms with van der Waals surface area (Å²) in [6.45, 7) is 3.97. The van der Waals surface area contributed by atoms with Crippen molar-refractivity contribution in [3.63, 3.8) is 0 Å². The molecule has 1 atom stereocenters. The molecule has 2 aromatic carbocycles. The highest BCUT2D eigenvalue weighted by molar-refractivity contribution is 7.92. The van der Waals surface area contributed by atoms with E-state index in [2.05, 4.69) is 12.2 Å². The SMILES string of the molecule is CCCCc1ccc(NC(=O)[C@H]2CN(S(C)(=O)=O)c3cc(C)ccc3O2)cc1. The highest BCUT2D eigenvalue weighted by Gasteiger charge is 2.35. The number of carbonyl (C=O) groups excluding carboxylic acids is 1. The van der Waals surface area contributed by atoms with Crippen LogP contribution in [0.25, 0.3) is 0 Å². The summed E-state index contributed by atoms with van der Waals surface area (Å²) in [5, 5.41) is 2.82. The number of aryl methyl sites for hydroxylation is 2. The average Bonchev–Trinajstić information content (AvgIpc) is 2.65. The van der Waals surface area contributed by atoms with Crippen molar-refractivity contribution in [2.45, 2.75) is 39.2 Å². The second kappa shape index (κ2) is 8.22. The molecule has 7 heteroatoms. The number of benzene rings is 2. The molecule has 0 aliphatic carbocycles. The Kier molecular flexibility index (Phi) is 5.93. The number of nitrogens with one attached hydrogen (secondary N) is 1. The normalized spacial score (nSPS) is 16.2. The van der Waals surface area contributed by atoms with Gasteiger partial charge in [-0.15, -0.1) is 0 Å². The molecule has 2 aromatic rings. The van der Waals surface area contributed by atoms with Crippen molar-refractivity contribution in [2.75, 3.05) is 22.4 Å². The zero-order valence-electron chi connectivity index (χ0n) is 16.4. The molecule has 0 radical (unpaired) electrons. The van der Waals surface area contributed by atoms with Crippen LogP contribution in [0.15, 0.2) is 42.5 Å². The summed E-state index contributed by atoms with van der Waals surface area (Å²) < 4.78 is 31.5. The Labute approximate surface area is 166 Å². The molecule has 0 aromatic heterocycles. The number of sulfonamides is 1. The molecule has 0 saturated heterocycles. The summed E-state index contributed by atoms with van der Waals surface area (Å²) in [6, 6.07) is 13.0. The maximum atomic E-state index is 12.7. The molecule has 0 saturated carbocycles. The van der Waals surface area contributed by atoms with E-state index < -0.39 is 16.1 Å². The van der Waals surface area contributed by atoms with Gasteiger partial charge in [0.1, 0.15) is 5.75 Å². The molecule has 28 heavy (non-hydrogen) atoms. The van der Waals surface area contributed by atoms with Gasteiger partial charge in [-0.1, -0.05) is 31.5 Å². The minimum atomic E-state index is -3.54. The van der Waals surface area contributed by atoms with Crippen LogP contribution in [0.1, 0.15) is 30.9 Å². The van der Waals surface area contributed by atoms with E-state index in [1.807, 2.05) is 37.3 Å². The van der Waals surface area contributed by atoms with E-state index in [4.69, 9.17) is 4.74 Å². The Morgan fingerprint density at radius 3 is 2.57 bits per heavy atom. The third-order valence-corrected chi connectivity index (χ3v) is 5.86. The van der Waals surface area contributed by atoms with Crippen molar-refractivity contribution in [3.8, 4) is 5.75 Å². The number of hydrogen-bond donors (Lipinski definition) is 1. The lowest BCUT2D eigenvalue weighted by molar-refractivity contribution is -0.122. The first-order valence-electron chi connectivity index (χ1n) is 9.42. The summed E-state index contributed by atoms with van der Waals surface area (Å²) in [4.78, 5) is 12.7. The highest BCUT2D eigenvalue weighted by atomic mass is 32.2. The van der Waals surface area contributed by atoms with E-state index in [0.717, 1.165) is 31.1 Å². The second-order valence-electron chi connectivity index (χ2n) is 7.16. The van der Waals surface area contributed by atoms with Gasteiger partial charge in [0.15, 0.2) is 6.10 Å². The number of nitrogens with zero attached hydrogens (tertiary/aromatic N) is 1. The van der Waals surface area contributed by atoms with Crippen LogP contribution in [0.4, 0.5) is 11.4 Å². The van der Waals surface area contributed by atoms with Crippen molar-refractivity contribution in [1.29, 1.82) is 0 Å². The quantitative estimate of drug-likeness (QED) is 0.802. The van der Waals surface area contributed by atoms with Gasteiger partial charge in [0, 0.05) is 5.69 Å². The fraction of sp³-hybridized carbons (Fsp3) is 0.381. The summed E-state index contributed by atoms with van der Waals surface area (Å²) in [6.07, 6.45) is 3.48. The number of carbonyl (C=O) groups is 1. The molecule has 1 heterocycles. The Hall–Kier alpha value is -2.54. The van der Waals surface area contributed by atoms with Crippen molar-refractivity contribution >= 4 is 27.3 Å². The number of anilines is 2. The maximum Gasteiger partial charge on any atom is 0.267 e. The topological polar surface area (TPSA) is 75.7 Å². The van der Waals surface area contributed by atoms with Gasteiger partial charge in [-0.05, 0) is 55.2 Å². The van der Waals surface area contributed by atoms with Crippen LogP contribution < -0.4 is 14.4 Å². The number of hydrogen-bond acceptors (Lipinski definition) is 4. The number of fused-ring (bicyclic) bond motifs is 1. The first kappa shape index (κ1) is 20.2. The average molecular weight is 403 g/mol. The highest BCUT2D eigenvalue weighted by Crippen LogP contribution is 2.36. The van der Waals surface area contributed by atoms with E-state index in [-0.39, 0.29) is 12.5 Å². The molecule has 0 bridgehead atoms. The van der Waals surface area contributed by atoms with Crippen molar-refractivity contribution in [2.24, 2.45) is 0 Å². The number of ether oxygens (including phenoxy) is 1.